The number of rotatable bonds is 1. The Balaban J connectivity index is 0.000000461. The highest BCUT2D eigenvalue weighted by molar-refractivity contribution is 5.87. The minimum absolute atomic E-state index is 0.681. The van der Waals surface area contributed by atoms with E-state index in [1.807, 2.05) is 20.0 Å². The van der Waals surface area contributed by atoms with Gasteiger partial charge in [-0.2, -0.15) is 0 Å². The Morgan fingerprint density at radius 1 is 1.55 bits per heavy atom. The van der Waals surface area contributed by atoms with E-state index in [1.54, 1.807) is 0 Å². The maximum absolute atomic E-state index is 4.27. The molecule has 0 aromatic rings. The molecule has 0 aliphatic carbocycles. The molecule has 0 spiro atoms. The smallest absolute Gasteiger partial charge is 0.0227 e. The molecule has 64 valence electrons. The highest BCUT2D eigenvalue weighted by Crippen LogP contribution is 2.12. The molecule has 1 rings (SSSR count). The van der Waals surface area contributed by atoms with E-state index in [9.17, 15) is 0 Å². The molecule has 11 heavy (non-hydrogen) atoms. The largest absolute Gasteiger partial charge is 0.266 e. The molecular formula is C10H19N. The molecule has 0 N–H and O–H groups in total. The van der Waals surface area contributed by atoms with Crippen LogP contribution in [0.3, 0.4) is 0 Å². The van der Waals surface area contributed by atoms with Crippen molar-refractivity contribution in [2.24, 2.45) is 10.9 Å². The van der Waals surface area contributed by atoms with Crippen molar-refractivity contribution in [3.05, 3.63) is 12.3 Å². The van der Waals surface area contributed by atoms with Crippen LogP contribution in [-0.4, -0.2) is 5.71 Å². The van der Waals surface area contributed by atoms with Crippen molar-refractivity contribution in [2.75, 3.05) is 0 Å². The second kappa shape index (κ2) is 6.14. The third kappa shape index (κ3) is 3.35. The molecule has 1 atom stereocenters. The lowest BCUT2D eigenvalue weighted by atomic mass is 9.98. The zero-order valence-electron chi connectivity index (χ0n) is 8.09. The summed E-state index contributed by atoms with van der Waals surface area (Å²) in [5.74, 6) is 0.681. The van der Waals surface area contributed by atoms with Crippen LogP contribution < -0.4 is 0 Å². The Kier molecular flexibility index (Phi) is 5.81. The van der Waals surface area contributed by atoms with Crippen LogP contribution in [0.4, 0.5) is 0 Å². The standard InChI is InChI=1S/C8H13N.C2H6/c1-3-8-7(2)5-4-6-9-8;1-2/h4,6-7H,3,5H2,1-2H3;1-2H3. The molecule has 0 bridgehead atoms. The predicted molar refractivity (Wildman–Crippen MR) is 52.0 cm³/mol. The van der Waals surface area contributed by atoms with Gasteiger partial charge in [0.1, 0.15) is 0 Å². The fourth-order valence-electron chi connectivity index (χ4n) is 1.12. The second-order valence-corrected chi connectivity index (χ2v) is 2.50. The summed E-state index contributed by atoms with van der Waals surface area (Å²) >= 11 is 0. The Bertz CT molecular complexity index is 145. The van der Waals surface area contributed by atoms with Crippen molar-refractivity contribution in [1.82, 2.24) is 0 Å². The van der Waals surface area contributed by atoms with Gasteiger partial charge in [0.15, 0.2) is 0 Å². The molecule has 0 saturated heterocycles. The Labute approximate surface area is 70.2 Å². The monoisotopic (exact) mass is 153 g/mol. The Morgan fingerprint density at radius 2 is 2.18 bits per heavy atom. The minimum atomic E-state index is 0.681. The van der Waals surface area contributed by atoms with E-state index in [1.165, 1.54) is 12.1 Å². The molecule has 1 nitrogen and oxygen atoms in total. The molecule has 1 aliphatic heterocycles. The van der Waals surface area contributed by atoms with Crippen molar-refractivity contribution in [3.8, 4) is 0 Å². The summed E-state index contributed by atoms with van der Waals surface area (Å²) in [7, 11) is 0. The summed E-state index contributed by atoms with van der Waals surface area (Å²) in [6.45, 7) is 8.39. The lowest BCUT2D eigenvalue weighted by Gasteiger charge is -2.12. The van der Waals surface area contributed by atoms with E-state index in [2.05, 4.69) is 24.9 Å². The molecule has 0 saturated carbocycles. The van der Waals surface area contributed by atoms with Crippen LogP contribution >= 0.6 is 0 Å². The van der Waals surface area contributed by atoms with Crippen LogP contribution in [0.15, 0.2) is 17.3 Å². The van der Waals surface area contributed by atoms with E-state index < -0.39 is 0 Å². The first-order valence-electron chi connectivity index (χ1n) is 4.56. The lowest BCUT2D eigenvalue weighted by Crippen LogP contribution is -2.10. The molecule has 1 heteroatoms. The zero-order valence-corrected chi connectivity index (χ0v) is 8.09. The van der Waals surface area contributed by atoms with Crippen molar-refractivity contribution in [2.45, 2.75) is 40.5 Å². The van der Waals surface area contributed by atoms with Gasteiger partial charge in [0.25, 0.3) is 0 Å². The van der Waals surface area contributed by atoms with Gasteiger partial charge >= 0.3 is 0 Å². The molecule has 0 aromatic carbocycles. The third-order valence-electron chi connectivity index (χ3n) is 1.77. The summed E-state index contributed by atoms with van der Waals surface area (Å²) in [6.07, 6.45) is 6.32. The fraction of sp³-hybridized carbons (Fsp3) is 0.700. The number of nitrogens with zero attached hydrogens (tertiary/aromatic N) is 1. The van der Waals surface area contributed by atoms with Gasteiger partial charge in [-0.3, -0.25) is 4.99 Å². The maximum Gasteiger partial charge on any atom is 0.0227 e. The van der Waals surface area contributed by atoms with Gasteiger partial charge < -0.3 is 0 Å². The first-order valence-corrected chi connectivity index (χ1v) is 4.56. The number of hydrogen-bond acceptors (Lipinski definition) is 1. The van der Waals surface area contributed by atoms with Crippen LogP contribution in [0.1, 0.15) is 40.5 Å². The van der Waals surface area contributed by atoms with Gasteiger partial charge in [-0.15, -0.1) is 0 Å². The fourth-order valence-corrected chi connectivity index (χ4v) is 1.12. The minimum Gasteiger partial charge on any atom is -0.266 e. The van der Waals surface area contributed by atoms with Crippen molar-refractivity contribution < 1.29 is 0 Å². The quantitative estimate of drug-likeness (QED) is 0.547. The van der Waals surface area contributed by atoms with Crippen LogP contribution in [0.5, 0.6) is 0 Å². The van der Waals surface area contributed by atoms with Crippen molar-refractivity contribution >= 4 is 5.71 Å². The molecule has 0 amide bonds. The summed E-state index contributed by atoms with van der Waals surface area (Å²) in [5.41, 5.74) is 1.34. The first kappa shape index (κ1) is 10.4. The summed E-state index contributed by atoms with van der Waals surface area (Å²) in [5, 5.41) is 0. The van der Waals surface area contributed by atoms with Gasteiger partial charge in [-0.25, -0.2) is 0 Å². The molecule has 0 aromatic heterocycles. The molecule has 1 heterocycles. The highest BCUT2D eigenvalue weighted by atomic mass is 14.7. The summed E-state index contributed by atoms with van der Waals surface area (Å²) < 4.78 is 0. The number of allylic oxidation sites excluding steroid dienone is 1. The third-order valence-corrected chi connectivity index (χ3v) is 1.77. The SMILES string of the molecule is CC.CCC1=NC=CCC1C. The van der Waals surface area contributed by atoms with Crippen LogP contribution in [0.2, 0.25) is 0 Å². The zero-order chi connectivity index (χ0) is 8.69. The maximum atomic E-state index is 4.27. The van der Waals surface area contributed by atoms with Gasteiger partial charge in [-0.1, -0.05) is 33.8 Å². The average Bonchev–Trinajstić information content (AvgIpc) is 2.09. The molecule has 0 fully saturated rings. The Morgan fingerprint density at radius 3 is 2.55 bits per heavy atom. The van der Waals surface area contributed by atoms with Gasteiger partial charge in [0.2, 0.25) is 0 Å². The van der Waals surface area contributed by atoms with Crippen LogP contribution in [-0.2, 0) is 0 Å². The van der Waals surface area contributed by atoms with E-state index in [-0.39, 0.29) is 0 Å². The number of hydrogen-bond donors (Lipinski definition) is 0. The van der Waals surface area contributed by atoms with Crippen molar-refractivity contribution in [3.63, 3.8) is 0 Å². The molecule has 0 radical (unpaired) electrons. The summed E-state index contributed by atoms with van der Waals surface area (Å²) in [6, 6.07) is 0. The van der Waals surface area contributed by atoms with E-state index >= 15 is 0 Å². The van der Waals surface area contributed by atoms with E-state index in [0.29, 0.717) is 5.92 Å². The lowest BCUT2D eigenvalue weighted by molar-refractivity contribution is 0.759. The van der Waals surface area contributed by atoms with Gasteiger partial charge in [-0.05, 0) is 18.8 Å². The first-order chi connectivity index (χ1) is 5.34. The highest BCUT2D eigenvalue weighted by Gasteiger charge is 2.07. The van der Waals surface area contributed by atoms with Gasteiger partial charge in [0, 0.05) is 11.9 Å². The van der Waals surface area contributed by atoms with E-state index in [4.69, 9.17) is 0 Å². The summed E-state index contributed by atoms with van der Waals surface area (Å²) in [4.78, 5) is 4.27. The average molecular weight is 153 g/mol. The van der Waals surface area contributed by atoms with Crippen LogP contribution in [0, 0.1) is 5.92 Å². The van der Waals surface area contributed by atoms with E-state index in [0.717, 1.165) is 6.42 Å². The van der Waals surface area contributed by atoms with Crippen LogP contribution in [0.25, 0.3) is 0 Å². The predicted octanol–water partition coefficient (Wildman–Crippen LogP) is 3.42. The second-order valence-electron chi connectivity index (χ2n) is 2.50. The van der Waals surface area contributed by atoms with Gasteiger partial charge in [0.05, 0.1) is 0 Å². The number of aliphatic imine (C=N–C) groups is 1. The topological polar surface area (TPSA) is 12.4 Å². The molecule has 1 unspecified atom stereocenters. The molecular weight excluding hydrogens is 134 g/mol. The Hall–Kier alpha value is -0.590. The van der Waals surface area contributed by atoms with Crippen molar-refractivity contribution in [1.29, 1.82) is 0 Å². The molecule has 1 aliphatic rings. The normalized spacial score (nSPS) is 21.8.